The van der Waals surface area contributed by atoms with Crippen molar-refractivity contribution >= 4 is 11.9 Å². The van der Waals surface area contributed by atoms with Crippen LogP contribution >= 0.6 is 0 Å². The number of carboxylic acids is 1. The van der Waals surface area contributed by atoms with Gasteiger partial charge >= 0.3 is 5.97 Å². The first-order chi connectivity index (χ1) is 9.42. The van der Waals surface area contributed by atoms with E-state index in [-0.39, 0.29) is 24.5 Å². The van der Waals surface area contributed by atoms with Crippen LogP contribution < -0.4 is 5.32 Å². The van der Waals surface area contributed by atoms with Gasteiger partial charge in [0.2, 0.25) is 5.91 Å². The number of hydrogen-bond acceptors (Lipinski definition) is 3. The maximum atomic E-state index is 11.8. The van der Waals surface area contributed by atoms with Gasteiger partial charge in [0.05, 0.1) is 6.61 Å². The molecule has 0 fully saturated rings. The van der Waals surface area contributed by atoms with Crippen LogP contribution in [-0.4, -0.2) is 36.7 Å². The van der Waals surface area contributed by atoms with Gasteiger partial charge < -0.3 is 15.2 Å². The van der Waals surface area contributed by atoms with Crippen LogP contribution in [0.2, 0.25) is 0 Å². The molecule has 0 atom stereocenters. The molecule has 1 aromatic rings. The summed E-state index contributed by atoms with van der Waals surface area (Å²) < 4.78 is 4.85. The van der Waals surface area contributed by atoms with E-state index in [4.69, 9.17) is 9.84 Å². The lowest BCUT2D eigenvalue weighted by Crippen LogP contribution is -2.33. The summed E-state index contributed by atoms with van der Waals surface area (Å²) in [5.74, 6) is -1.08. The van der Waals surface area contributed by atoms with Gasteiger partial charge in [0.15, 0.2) is 0 Å². The maximum Gasteiger partial charge on any atom is 0.329 e. The zero-order chi connectivity index (χ0) is 15.0. The molecule has 0 aromatic heterocycles. The molecule has 0 aliphatic rings. The fourth-order valence-corrected chi connectivity index (χ4v) is 1.88. The van der Waals surface area contributed by atoms with E-state index in [9.17, 15) is 9.59 Å². The molecule has 1 rings (SSSR count). The second-order valence-corrected chi connectivity index (χ2v) is 5.22. The average Bonchev–Trinajstić information content (AvgIpc) is 2.38. The van der Waals surface area contributed by atoms with Crippen LogP contribution in [0.15, 0.2) is 30.3 Å². The van der Waals surface area contributed by atoms with E-state index in [0.717, 1.165) is 5.56 Å². The number of amides is 1. The number of benzene rings is 1. The molecule has 0 radical (unpaired) electrons. The fraction of sp³-hybridized carbons (Fsp3) is 0.467. The van der Waals surface area contributed by atoms with Crippen LogP contribution in [0.25, 0.3) is 0 Å². The molecular formula is C15H21NO4. The molecule has 0 saturated carbocycles. The van der Waals surface area contributed by atoms with Crippen LogP contribution in [-0.2, 0) is 19.7 Å². The molecule has 0 saturated heterocycles. The highest BCUT2D eigenvalue weighted by Gasteiger charge is 2.23. The van der Waals surface area contributed by atoms with Crippen molar-refractivity contribution < 1.29 is 19.4 Å². The smallest absolute Gasteiger partial charge is 0.329 e. The van der Waals surface area contributed by atoms with Gasteiger partial charge in [-0.05, 0) is 11.0 Å². The minimum absolute atomic E-state index is 0.0715. The van der Waals surface area contributed by atoms with Crippen molar-refractivity contribution in [2.75, 3.05) is 19.8 Å². The highest BCUT2D eigenvalue weighted by molar-refractivity contribution is 5.77. The molecule has 1 aromatic carbocycles. The SMILES string of the molecule is CC(C)(CC(=O)NCCOCC(=O)O)c1ccccc1. The number of nitrogens with one attached hydrogen (secondary N) is 1. The molecule has 20 heavy (non-hydrogen) atoms. The Bertz CT molecular complexity index is 442. The third-order valence-electron chi connectivity index (χ3n) is 2.95. The maximum absolute atomic E-state index is 11.8. The molecule has 0 spiro atoms. The minimum Gasteiger partial charge on any atom is -0.480 e. The highest BCUT2D eigenvalue weighted by Crippen LogP contribution is 2.26. The molecule has 1 amide bonds. The van der Waals surface area contributed by atoms with Gasteiger partial charge in [-0.25, -0.2) is 4.79 Å². The summed E-state index contributed by atoms with van der Waals surface area (Å²) in [6.07, 6.45) is 0.371. The Kier molecular flexibility index (Phi) is 6.18. The number of carbonyl (C=O) groups is 2. The monoisotopic (exact) mass is 279 g/mol. The molecular weight excluding hydrogens is 258 g/mol. The largest absolute Gasteiger partial charge is 0.480 e. The molecule has 0 aliphatic heterocycles. The lowest BCUT2D eigenvalue weighted by molar-refractivity contribution is -0.142. The average molecular weight is 279 g/mol. The van der Waals surface area contributed by atoms with E-state index < -0.39 is 5.97 Å². The van der Waals surface area contributed by atoms with E-state index in [1.807, 2.05) is 44.2 Å². The summed E-state index contributed by atoms with van der Waals surface area (Å²) in [5, 5.41) is 11.1. The Morgan fingerprint density at radius 2 is 1.90 bits per heavy atom. The van der Waals surface area contributed by atoms with E-state index in [1.165, 1.54) is 0 Å². The Morgan fingerprint density at radius 3 is 2.50 bits per heavy atom. The van der Waals surface area contributed by atoms with E-state index in [1.54, 1.807) is 0 Å². The first-order valence-electron chi connectivity index (χ1n) is 6.53. The molecule has 5 heteroatoms. The summed E-state index contributed by atoms with van der Waals surface area (Å²) in [7, 11) is 0. The lowest BCUT2D eigenvalue weighted by atomic mass is 9.81. The summed E-state index contributed by atoms with van der Waals surface area (Å²) >= 11 is 0. The normalized spacial score (nSPS) is 11.1. The van der Waals surface area contributed by atoms with Gasteiger partial charge in [0, 0.05) is 13.0 Å². The van der Waals surface area contributed by atoms with E-state index in [2.05, 4.69) is 5.32 Å². The zero-order valence-electron chi connectivity index (χ0n) is 11.9. The lowest BCUT2D eigenvalue weighted by Gasteiger charge is -2.24. The summed E-state index contributed by atoms with van der Waals surface area (Å²) in [6.45, 7) is 4.21. The first kappa shape index (κ1) is 16.2. The van der Waals surface area contributed by atoms with Crippen molar-refractivity contribution in [2.24, 2.45) is 0 Å². The van der Waals surface area contributed by atoms with Crippen molar-refractivity contribution in [3.05, 3.63) is 35.9 Å². The molecule has 0 heterocycles. The Morgan fingerprint density at radius 1 is 1.25 bits per heavy atom. The summed E-state index contributed by atoms with van der Waals surface area (Å²) in [5.41, 5.74) is 0.866. The number of hydrogen-bond donors (Lipinski definition) is 2. The number of carboxylic acid groups (broad SMARTS) is 1. The Hall–Kier alpha value is -1.88. The quantitative estimate of drug-likeness (QED) is 0.708. The molecule has 5 nitrogen and oxygen atoms in total. The van der Waals surface area contributed by atoms with Gasteiger partial charge in [-0.3, -0.25) is 4.79 Å². The second kappa shape index (κ2) is 7.65. The standard InChI is InChI=1S/C15H21NO4/c1-15(2,12-6-4-3-5-7-12)10-13(17)16-8-9-20-11-14(18)19/h3-7H,8-11H2,1-2H3,(H,16,17)(H,18,19). The van der Waals surface area contributed by atoms with Gasteiger partial charge in [-0.15, -0.1) is 0 Å². The number of ether oxygens (including phenoxy) is 1. The summed E-state index contributed by atoms with van der Waals surface area (Å²) in [4.78, 5) is 22.1. The van der Waals surface area contributed by atoms with Gasteiger partial charge in [-0.2, -0.15) is 0 Å². The molecule has 2 N–H and O–H groups in total. The fourth-order valence-electron chi connectivity index (χ4n) is 1.88. The van der Waals surface area contributed by atoms with Crippen LogP contribution in [0.4, 0.5) is 0 Å². The van der Waals surface area contributed by atoms with Crippen molar-refractivity contribution in [3.63, 3.8) is 0 Å². The topological polar surface area (TPSA) is 75.6 Å². The third-order valence-corrected chi connectivity index (χ3v) is 2.95. The van der Waals surface area contributed by atoms with E-state index >= 15 is 0 Å². The molecule has 0 unspecified atom stereocenters. The Labute approximate surface area is 118 Å². The van der Waals surface area contributed by atoms with Crippen LogP contribution in [0.1, 0.15) is 25.8 Å². The van der Waals surface area contributed by atoms with Crippen molar-refractivity contribution in [1.29, 1.82) is 0 Å². The highest BCUT2D eigenvalue weighted by atomic mass is 16.5. The van der Waals surface area contributed by atoms with Crippen LogP contribution in [0.3, 0.4) is 0 Å². The minimum atomic E-state index is -1.01. The zero-order valence-corrected chi connectivity index (χ0v) is 11.9. The molecule has 110 valence electrons. The van der Waals surface area contributed by atoms with Crippen LogP contribution in [0, 0.1) is 0 Å². The number of rotatable bonds is 8. The van der Waals surface area contributed by atoms with Crippen molar-refractivity contribution in [2.45, 2.75) is 25.7 Å². The summed E-state index contributed by atoms with van der Waals surface area (Å²) in [6, 6.07) is 9.86. The predicted molar refractivity (Wildman–Crippen MR) is 75.5 cm³/mol. The van der Waals surface area contributed by atoms with Gasteiger partial charge in [0.1, 0.15) is 6.61 Å². The van der Waals surface area contributed by atoms with Crippen LogP contribution in [0.5, 0.6) is 0 Å². The number of carbonyl (C=O) groups excluding carboxylic acids is 1. The predicted octanol–water partition coefficient (Wildman–Crippen LogP) is 1.57. The first-order valence-corrected chi connectivity index (χ1v) is 6.53. The van der Waals surface area contributed by atoms with Crippen molar-refractivity contribution in [3.8, 4) is 0 Å². The van der Waals surface area contributed by atoms with Crippen molar-refractivity contribution in [1.82, 2.24) is 5.32 Å². The van der Waals surface area contributed by atoms with E-state index in [0.29, 0.717) is 13.0 Å². The third kappa shape index (κ3) is 5.84. The van der Waals surface area contributed by atoms with Gasteiger partial charge in [-0.1, -0.05) is 44.2 Å². The molecule has 0 bridgehead atoms. The number of aliphatic carboxylic acids is 1. The van der Waals surface area contributed by atoms with Gasteiger partial charge in [0.25, 0.3) is 0 Å². The Balaban J connectivity index is 2.33. The second-order valence-electron chi connectivity index (χ2n) is 5.22. The molecule has 0 aliphatic carbocycles.